The number of fused-ring (bicyclic) bond motifs is 9. The van der Waals surface area contributed by atoms with Crippen LogP contribution in [-0.2, 0) is 6.42 Å². The van der Waals surface area contributed by atoms with Gasteiger partial charge in [0.25, 0.3) is 0 Å². The molecule has 0 aliphatic heterocycles. The number of aromatic nitrogens is 2. The van der Waals surface area contributed by atoms with E-state index < -0.39 is 0 Å². The van der Waals surface area contributed by atoms with Gasteiger partial charge in [-0.15, -0.1) is 11.3 Å². The highest BCUT2D eigenvalue weighted by Crippen LogP contribution is 2.46. The summed E-state index contributed by atoms with van der Waals surface area (Å²) in [7, 11) is 2.29. The number of benzene rings is 6. The molecule has 2 nitrogen and oxygen atoms in total. The van der Waals surface area contributed by atoms with Crippen LogP contribution in [-0.4, -0.2) is 17.0 Å². The number of nitrogens with zero attached hydrogens (tertiary/aromatic N) is 2. The van der Waals surface area contributed by atoms with Crippen molar-refractivity contribution in [2.45, 2.75) is 12.5 Å². The van der Waals surface area contributed by atoms with Crippen LogP contribution >= 0.6 is 11.3 Å². The van der Waals surface area contributed by atoms with Gasteiger partial charge in [0.05, 0.1) is 22.6 Å². The molecule has 216 valence electrons. The van der Waals surface area contributed by atoms with Crippen molar-refractivity contribution >= 4 is 78.4 Å². The topological polar surface area (TPSA) is 9.86 Å². The molecule has 0 radical (unpaired) electrons. The van der Waals surface area contributed by atoms with Crippen LogP contribution in [0.4, 0.5) is 0 Å². The predicted molar refractivity (Wildman–Crippen MR) is 200 cm³/mol. The maximum absolute atomic E-state index is 2.61. The van der Waals surface area contributed by atoms with Gasteiger partial charge < -0.3 is 9.13 Å². The molecule has 4 heteroatoms. The third-order valence-electron chi connectivity index (χ3n) is 9.98. The number of thiophene rings is 1. The minimum Gasteiger partial charge on any atom is -0.333 e. The smallest absolute Gasteiger partial charge is 0.140 e. The Hall–Kier alpha value is -5.32. The fourth-order valence-electron chi connectivity index (χ4n) is 8.13. The zero-order valence-electron chi connectivity index (χ0n) is 25.4. The number of para-hydroxylation sites is 4. The van der Waals surface area contributed by atoms with Gasteiger partial charge in [-0.2, -0.15) is 0 Å². The molecule has 6 aromatic carbocycles. The molecule has 1 aliphatic rings. The van der Waals surface area contributed by atoms with E-state index in [1.807, 2.05) is 11.3 Å². The zero-order valence-corrected chi connectivity index (χ0v) is 26.3. The van der Waals surface area contributed by atoms with Gasteiger partial charge in [0.1, 0.15) is 7.85 Å². The Morgan fingerprint density at radius 1 is 0.565 bits per heavy atom. The van der Waals surface area contributed by atoms with Crippen LogP contribution in [0.2, 0.25) is 0 Å². The third kappa shape index (κ3) is 3.59. The molecule has 10 rings (SSSR count). The van der Waals surface area contributed by atoms with Gasteiger partial charge in [-0.3, -0.25) is 0 Å². The van der Waals surface area contributed by atoms with Crippen molar-refractivity contribution in [3.63, 3.8) is 0 Å². The number of allylic oxidation sites excluding steroid dienone is 1. The lowest BCUT2D eigenvalue weighted by atomic mass is 9.83. The third-order valence-corrected chi connectivity index (χ3v) is 11.3. The molecule has 0 fully saturated rings. The van der Waals surface area contributed by atoms with E-state index in [1.165, 1.54) is 86.4 Å². The van der Waals surface area contributed by atoms with Crippen LogP contribution in [0, 0.1) is 0 Å². The minimum absolute atomic E-state index is 0.231. The van der Waals surface area contributed by atoms with E-state index >= 15 is 0 Å². The van der Waals surface area contributed by atoms with Crippen LogP contribution < -0.4 is 0 Å². The second-order valence-corrected chi connectivity index (χ2v) is 13.6. The predicted octanol–water partition coefficient (Wildman–Crippen LogP) is 10.5. The molecule has 1 atom stereocenters. The van der Waals surface area contributed by atoms with Gasteiger partial charge in [0.2, 0.25) is 0 Å². The summed E-state index contributed by atoms with van der Waals surface area (Å²) in [5, 5.41) is 6.59. The summed E-state index contributed by atoms with van der Waals surface area (Å²) in [4.78, 5) is 1.44. The first kappa shape index (κ1) is 26.0. The summed E-state index contributed by atoms with van der Waals surface area (Å²) in [6, 6.07) is 51.5. The fourth-order valence-corrected chi connectivity index (χ4v) is 9.34. The van der Waals surface area contributed by atoms with Gasteiger partial charge in [-0.1, -0.05) is 115 Å². The molecule has 0 amide bonds. The molecular formula is C42H29BN2S. The Bertz CT molecular complexity index is 2690. The van der Waals surface area contributed by atoms with Crippen molar-refractivity contribution < 1.29 is 0 Å². The van der Waals surface area contributed by atoms with Gasteiger partial charge in [0, 0.05) is 47.9 Å². The van der Waals surface area contributed by atoms with E-state index in [-0.39, 0.29) is 6.04 Å². The molecule has 9 aromatic rings. The van der Waals surface area contributed by atoms with Crippen molar-refractivity contribution in [1.82, 2.24) is 9.13 Å². The Labute approximate surface area is 271 Å². The van der Waals surface area contributed by atoms with Crippen molar-refractivity contribution in [2.24, 2.45) is 0 Å². The highest BCUT2D eigenvalue weighted by Gasteiger charge is 2.27. The van der Waals surface area contributed by atoms with Gasteiger partial charge in [-0.05, 0) is 59.3 Å². The van der Waals surface area contributed by atoms with E-state index in [0.29, 0.717) is 0 Å². The fraction of sp³-hybridized carbons (Fsp3) is 0.0476. The molecular weight excluding hydrogens is 575 g/mol. The molecule has 0 bridgehead atoms. The standard InChI is InChI=1S/C42H29BN2S/c43-35-25-27(24-34-29-15-6-9-23-39(29)46-42(34)35)44-37-21-8-5-16-33(37)40-30(17-11-22-38(40)44)32-19-10-18-31-28-14-4-7-20-36(28)45(41(31)32)26-12-2-1-3-13-26/h1-23,25,27H,24,43H2. The Kier molecular flexibility index (Phi) is 5.55. The normalized spacial score (nSPS) is 14.9. The Morgan fingerprint density at radius 3 is 2.09 bits per heavy atom. The van der Waals surface area contributed by atoms with Gasteiger partial charge in [0.15, 0.2) is 0 Å². The van der Waals surface area contributed by atoms with E-state index in [0.717, 1.165) is 6.42 Å². The molecule has 3 aromatic heterocycles. The van der Waals surface area contributed by atoms with Crippen LogP contribution in [0.5, 0.6) is 0 Å². The van der Waals surface area contributed by atoms with E-state index in [4.69, 9.17) is 0 Å². The van der Waals surface area contributed by atoms with Crippen molar-refractivity contribution in [1.29, 1.82) is 0 Å². The number of hydrogen-bond acceptors (Lipinski definition) is 1. The van der Waals surface area contributed by atoms with E-state index in [1.54, 1.807) is 0 Å². The first-order valence-electron chi connectivity index (χ1n) is 16.0. The first-order valence-corrected chi connectivity index (χ1v) is 16.9. The SMILES string of the molecule is BC1=CC(n2c3ccccc3c3c(-c4cccc5c6ccccc6n(-c6ccccc6)c45)cccc32)Cc2c1sc1ccccc21. The van der Waals surface area contributed by atoms with Crippen LogP contribution in [0.3, 0.4) is 0 Å². The van der Waals surface area contributed by atoms with Gasteiger partial charge >= 0.3 is 0 Å². The molecule has 3 heterocycles. The Balaban J connectivity index is 1.27. The number of hydrogen-bond donors (Lipinski definition) is 0. The highest BCUT2D eigenvalue weighted by molar-refractivity contribution is 7.20. The lowest BCUT2D eigenvalue weighted by Crippen LogP contribution is -2.14. The van der Waals surface area contributed by atoms with Crippen molar-refractivity contribution in [3.8, 4) is 16.8 Å². The summed E-state index contributed by atoms with van der Waals surface area (Å²) < 4.78 is 6.45. The van der Waals surface area contributed by atoms with Crippen LogP contribution in [0.15, 0.2) is 146 Å². The summed E-state index contributed by atoms with van der Waals surface area (Å²) in [6.07, 6.45) is 3.50. The van der Waals surface area contributed by atoms with E-state index in [9.17, 15) is 0 Å². The lowest BCUT2D eigenvalue weighted by Gasteiger charge is -2.24. The molecule has 1 unspecified atom stereocenters. The summed E-state index contributed by atoms with van der Waals surface area (Å²) >= 11 is 1.94. The highest BCUT2D eigenvalue weighted by atomic mass is 32.1. The average Bonchev–Trinajstić information content (AvgIpc) is 3.77. The average molecular weight is 605 g/mol. The molecule has 0 saturated heterocycles. The maximum Gasteiger partial charge on any atom is 0.140 e. The number of rotatable bonds is 3. The molecule has 0 spiro atoms. The second-order valence-electron chi connectivity index (χ2n) is 12.5. The first-order chi connectivity index (χ1) is 22.8. The molecule has 1 aliphatic carbocycles. The monoisotopic (exact) mass is 604 g/mol. The molecule has 46 heavy (non-hydrogen) atoms. The van der Waals surface area contributed by atoms with E-state index in [2.05, 4.69) is 163 Å². The second kappa shape index (κ2) is 9.84. The summed E-state index contributed by atoms with van der Waals surface area (Å²) in [6.45, 7) is 0. The maximum atomic E-state index is 2.61. The van der Waals surface area contributed by atoms with Crippen LogP contribution in [0.1, 0.15) is 16.5 Å². The Morgan fingerprint density at radius 2 is 1.22 bits per heavy atom. The molecule has 0 N–H and O–H groups in total. The summed E-state index contributed by atoms with van der Waals surface area (Å²) in [5.74, 6) is 0. The van der Waals surface area contributed by atoms with Gasteiger partial charge in [-0.25, -0.2) is 0 Å². The van der Waals surface area contributed by atoms with Crippen molar-refractivity contribution in [2.75, 3.05) is 0 Å². The minimum atomic E-state index is 0.231. The van der Waals surface area contributed by atoms with Crippen LogP contribution in [0.25, 0.3) is 76.0 Å². The lowest BCUT2D eigenvalue weighted by molar-refractivity contribution is 0.639. The largest absolute Gasteiger partial charge is 0.333 e. The van der Waals surface area contributed by atoms with Crippen molar-refractivity contribution in [3.05, 3.63) is 156 Å². The molecule has 0 saturated carbocycles. The zero-order chi connectivity index (χ0) is 30.4. The summed E-state index contributed by atoms with van der Waals surface area (Å²) in [5.41, 5.74) is 11.6. The quantitative estimate of drug-likeness (QED) is 0.178.